The molecule has 1 aliphatic rings. The molecule has 0 aliphatic carbocycles. The minimum absolute atomic E-state index is 0.400. The van der Waals surface area contributed by atoms with E-state index in [2.05, 4.69) is 78.6 Å². The summed E-state index contributed by atoms with van der Waals surface area (Å²) >= 11 is 0. The number of rotatable bonds is 6. The molecule has 0 unspecified atom stereocenters. The first kappa shape index (κ1) is 24.4. The van der Waals surface area contributed by atoms with Crippen LogP contribution in [0.3, 0.4) is 0 Å². The molecule has 1 aliphatic heterocycles. The maximum atomic E-state index is 4.77. The van der Waals surface area contributed by atoms with Crippen molar-refractivity contribution in [1.29, 1.82) is 0 Å². The van der Waals surface area contributed by atoms with E-state index in [1.54, 1.807) is 6.20 Å². The number of hydrogen-bond acceptors (Lipinski definition) is 6. The predicted molar refractivity (Wildman–Crippen MR) is 155 cm³/mol. The molecule has 0 spiro atoms. The van der Waals surface area contributed by atoms with Crippen LogP contribution in [0.2, 0.25) is 0 Å². The number of imidazole rings is 1. The molecule has 8 nitrogen and oxygen atoms in total. The lowest BCUT2D eigenvalue weighted by Crippen LogP contribution is -2.32. The Bertz CT molecular complexity index is 1740. The maximum absolute atomic E-state index is 4.77. The number of H-pyrrole nitrogens is 1. The van der Waals surface area contributed by atoms with Gasteiger partial charge >= 0.3 is 0 Å². The van der Waals surface area contributed by atoms with Crippen LogP contribution in [0, 0.1) is 6.92 Å². The number of nitrogens with zero attached hydrogens (tertiary/aromatic N) is 7. The summed E-state index contributed by atoms with van der Waals surface area (Å²) in [6.45, 7) is 5.05. The Morgan fingerprint density at radius 1 is 0.850 bits per heavy atom. The first-order valence-electron chi connectivity index (χ1n) is 13.8. The number of pyridine rings is 1. The number of hydrogen-bond donors (Lipinski definition) is 1. The van der Waals surface area contributed by atoms with Crippen molar-refractivity contribution in [3.8, 4) is 33.9 Å². The van der Waals surface area contributed by atoms with Crippen molar-refractivity contribution in [2.75, 3.05) is 13.1 Å². The fourth-order valence-electron chi connectivity index (χ4n) is 5.57. The fourth-order valence-corrected chi connectivity index (χ4v) is 5.57. The smallest absolute Gasteiger partial charge is 0.234 e. The molecule has 4 aromatic heterocycles. The van der Waals surface area contributed by atoms with Gasteiger partial charge < -0.3 is 0 Å². The van der Waals surface area contributed by atoms with Gasteiger partial charge in [-0.25, -0.2) is 15.0 Å². The molecular weight excluding hydrogens is 496 g/mol. The van der Waals surface area contributed by atoms with Gasteiger partial charge in [-0.15, -0.1) is 0 Å². The molecule has 6 aromatic rings. The Labute approximate surface area is 232 Å². The average Bonchev–Trinajstić information content (AvgIpc) is 3.67. The molecule has 198 valence electrons. The Morgan fingerprint density at radius 3 is 2.48 bits per heavy atom. The first-order chi connectivity index (χ1) is 19.7. The van der Waals surface area contributed by atoms with E-state index in [0.717, 1.165) is 60.8 Å². The van der Waals surface area contributed by atoms with Gasteiger partial charge in [0, 0.05) is 36.6 Å². The second kappa shape index (κ2) is 10.5. The Balaban J connectivity index is 1.01. The van der Waals surface area contributed by atoms with E-state index >= 15 is 0 Å². The summed E-state index contributed by atoms with van der Waals surface area (Å²) in [6.07, 6.45) is 9.67. The highest BCUT2D eigenvalue weighted by Gasteiger charge is 2.24. The molecule has 0 atom stereocenters. The normalized spacial score (nSPS) is 14.6. The minimum Gasteiger partial charge on any atom is -0.299 e. The number of likely N-dealkylation sites (tertiary alicyclic amines) is 1. The van der Waals surface area contributed by atoms with E-state index in [9.17, 15) is 0 Å². The Morgan fingerprint density at radius 2 is 1.68 bits per heavy atom. The van der Waals surface area contributed by atoms with Crippen LogP contribution in [-0.4, -0.2) is 52.5 Å². The third-order valence-corrected chi connectivity index (χ3v) is 7.78. The molecular formula is C32H30N8. The molecule has 1 saturated heterocycles. The van der Waals surface area contributed by atoms with Crippen molar-refractivity contribution in [2.24, 2.45) is 0 Å². The van der Waals surface area contributed by atoms with Gasteiger partial charge in [-0.2, -0.15) is 5.10 Å². The van der Waals surface area contributed by atoms with E-state index in [0.29, 0.717) is 17.5 Å². The largest absolute Gasteiger partial charge is 0.299 e. The maximum Gasteiger partial charge on any atom is 0.234 e. The molecule has 5 heterocycles. The number of piperidine rings is 1. The lowest BCUT2D eigenvalue weighted by molar-refractivity contribution is 0.202. The van der Waals surface area contributed by atoms with Crippen molar-refractivity contribution in [1.82, 2.24) is 39.4 Å². The summed E-state index contributed by atoms with van der Waals surface area (Å²) in [4.78, 5) is 20.6. The van der Waals surface area contributed by atoms with Crippen LogP contribution in [-0.2, 0) is 6.54 Å². The molecule has 0 radical (unpaired) electrons. The lowest BCUT2D eigenvalue weighted by atomic mass is 9.95. The van der Waals surface area contributed by atoms with Crippen LogP contribution in [0.25, 0.3) is 39.7 Å². The molecule has 40 heavy (non-hydrogen) atoms. The topological polar surface area (TPSA) is 87.9 Å². The third kappa shape index (κ3) is 4.78. The third-order valence-electron chi connectivity index (χ3n) is 7.78. The molecule has 0 bridgehead atoms. The van der Waals surface area contributed by atoms with Gasteiger partial charge in [0.05, 0.1) is 11.9 Å². The molecule has 8 heteroatoms. The summed E-state index contributed by atoms with van der Waals surface area (Å²) < 4.78 is 2.04. The van der Waals surface area contributed by atoms with E-state index in [1.165, 1.54) is 16.7 Å². The van der Waals surface area contributed by atoms with Gasteiger partial charge in [-0.1, -0.05) is 54.6 Å². The fraction of sp³-hybridized carbons (Fsp3) is 0.219. The van der Waals surface area contributed by atoms with Crippen molar-refractivity contribution in [2.45, 2.75) is 32.2 Å². The van der Waals surface area contributed by atoms with E-state index < -0.39 is 0 Å². The van der Waals surface area contributed by atoms with Crippen LogP contribution in [0.15, 0.2) is 91.5 Å². The Hall–Kier alpha value is -4.69. The zero-order chi connectivity index (χ0) is 26.9. The van der Waals surface area contributed by atoms with Gasteiger partial charge in [0.15, 0.2) is 5.82 Å². The second-order valence-electron chi connectivity index (χ2n) is 10.5. The van der Waals surface area contributed by atoms with E-state index in [-0.39, 0.29) is 0 Å². The van der Waals surface area contributed by atoms with E-state index in [4.69, 9.17) is 4.98 Å². The predicted octanol–water partition coefficient (Wildman–Crippen LogP) is 5.93. The average molecular weight is 527 g/mol. The summed E-state index contributed by atoms with van der Waals surface area (Å²) in [5, 5.41) is 7.60. The van der Waals surface area contributed by atoms with Crippen LogP contribution < -0.4 is 0 Å². The highest BCUT2D eigenvalue weighted by Crippen LogP contribution is 2.33. The molecule has 0 amide bonds. The lowest BCUT2D eigenvalue weighted by Gasteiger charge is -2.31. The summed E-state index contributed by atoms with van der Waals surface area (Å²) in [6, 6.07) is 23.4. The Kier molecular flexibility index (Phi) is 6.37. The number of aryl methyl sites for hydroxylation is 1. The molecule has 2 aromatic carbocycles. The van der Waals surface area contributed by atoms with Crippen LogP contribution in [0.1, 0.15) is 35.7 Å². The van der Waals surface area contributed by atoms with Gasteiger partial charge in [-0.3, -0.25) is 19.4 Å². The summed E-state index contributed by atoms with van der Waals surface area (Å²) in [5.74, 6) is 2.76. The van der Waals surface area contributed by atoms with Crippen molar-refractivity contribution >= 4 is 5.78 Å². The van der Waals surface area contributed by atoms with Gasteiger partial charge in [0.25, 0.3) is 0 Å². The standard InChI is InChI=1S/C32H30N8/c1-22-7-12-28(34-19-22)31-36-30(37-38-31)25-13-17-39(18-14-25)21-23-8-10-24(11-9-23)26-5-2-3-6-27(26)29-20-35-32-33-15-4-16-40(29)32/h2-12,15-16,19-20,25H,13-14,17-18,21H2,1H3,(H,36,37,38). The highest BCUT2D eigenvalue weighted by molar-refractivity contribution is 5.82. The number of nitrogens with one attached hydrogen (secondary N) is 1. The monoisotopic (exact) mass is 526 g/mol. The zero-order valence-corrected chi connectivity index (χ0v) is 22.4. The van der Waals surface area contributed by atoms with Gasteiger partial charge in [-0.05, 0) is 67.2 Å². The molecule has 1 fully saturated rings. The SMILES string of the molecule is Cc1ccc(-c2n[nH]c(C3CCN(Cc4ccc(-c5ccccc5-c5cnc6ncccn56)cc4)CC3)n2)nc1. The summed E-state index contributed by atoms with van der Waals surface area (Å²) in [5.41, 5.74) is 7.84. The van der Waals surface area contributed by atoms with Crippen molar-refractivity contribution in [3.63, 3.8) is 0 Å². The highest BCUT2D eigenvalue weighted by atomic mass is 15.2. The molecule has 1 N–H and O–H groups in total. The molecule has 7 rings (SSSR count). The van der Waals surface area contributed by atoms with Crippen LogP contribution in [0.4, 0.5) is 0 Å². The number of aromatic nitrogens is 7. The van der Waals surface area contributed by atoms with E-state index in [1.807, 2.05) is 48.1 Å². The number of benzene rings is 2. The minimum atomic E-state index is 0.400. The van der Waals surface area contributed by atoms with Crippen molar-refractivity contribution in [3.05, 3.63) is 108 Å². The number of aromatic amines is 1. The van der Waals surface area contributed by atoms with Crippen LogP contribution in [0.5, 0.6) is 0 Å². The second-order valence-corrected chi connectivity index (χ2v) is 10.5. The quantitative estimate of drug-likeness (QED) is 0.289. The van der Waals surface area contributed by atoms with Gasteiger partial charge in [0.2, 0.25) is 5.78 Å². The van der Waals surface area contributed by atoms with Crippen molar-refractivity contribution < 1.29 is 0 Å². The van der Waals surface area contributed by atoms with Gasteiger partial charge in [0.1, 0.15) is 11.5 Å². The molecule has 0 saturated carbocycles. The van der Waals surface area contributed by atoms with Crippen LogP contribution >= 0.6 is 0 Å². The zero-order valence-electron chi connectivity index (χ0n) is 22.4. The first-order valence-corrected chi connectivity index (χ1v) is 13.8. The summed E-state index contributed by atoms with van der Waals surface area (Å²) in [7, 11) is 0. The number of fused-ring (bicyclic) bond motifs is 1.